The highest BCUT2D eigenvalue weighted by atomic mass is 32.2. The predicted octanol–water partition coefficient (Wildman–Crippen LogP) is 2.20. The molecule has 114 valence electrons. The third kappa shape index (κ3) is 3.74. The number of pyridine rings is 1. The van der Waals surface area contributed by atoms with Gasteiger partial charge in [-0.25, -0.2) is 14.9 Å². The van der Waals surface area contributed by atoms with E-state index >= 15 is 0 Å². The van der Waals surface area contributed by atoms with Crippen molar-refractivity contribution < 1.29 is 0 Å². The van der Waals surface area contributed by atoms with Gasteiger partial charge in [0.2, 0.25) is 0 Å². The molecule has 0 saturated heterocycles. The minimum Gasteiger partial charge on any atom is -0.310 e. The van der Waals surface area contributed by atoms with Gasteiger partial charge in [-0.05, 0) is 37.7 Å². The maximum Gasteiger partial charge on any atom is 0.343 e. The maximum absolute atomic E-state index is 11.7. The van der Waals surface area contributed by atoms with Gasteiger partial charge < -0.3 is 5.32 Å². The molecule has 7 heteroatoms. The molecule has 21 heavy (non-hydrogen) atoms. The summed E-state index contributed by atoms with van der Waals surface area (Å²) in [6, 6.07) is 4.19. The van der Waals surface area contributed by atoms with Crippen LogP contribution in [0.3, 0.4) is 0 Å². The average Bonchev–Trinajstić information content (AvgIpc) is 2.81. The van der Waals surface area contributed by atoms with Crippen LogP contribution in [0.1, 0.15) is 38.8 Å². The van der Waals surface area contributed by atoms with E-state index in [2.05, 4.69) is 40.4 Å². The van der Waals surface area contributed by atoms with E-state index in [9.17, 15) is 4.79 Å². The number of aromatic amines is 1. The van der Waals surface area contributed by atoms with Crippen molar-refractivity contribution in [1.82, 2.24) is 25.1 Å². The molecule has 0 aliphatic heterocycles. The van der Waals surface area contributed by atoms with Crippen LogP contribution in [0.4, 0.5) is 0 Å². The molecular formula is C14H21N5OS. The summed E-state index contributed by atoms with van der Waals surface area (Å²) in [5.41, 5.74) is 0.944. The van der Waals surface area contributed by atoms with Crippen molar-refractivity contribution in [2.75, 3.05) is 6.54 Å². The van der Waals surface area contributed by atoms with E-state index in [-0.39, 0.29) is 11.7 Å². The second-order valence-corrected chi connectivity index (χ2v) is 5.70. The molecule has 2 heterocycles. The lowest BCUT2D eigenvalue weighted by molar-refractivity contribution is 0.583. The number of H-pyrrole nitrogens is 1. The van der Waals surface area contributed by atoms with Gasteiger partial charge in [0.05, 0.1) is 0 Å². The summed E-state index contributed by atoms with van der Waals surface area (Å²) in [5.74, 6) is 0. The molecule has 0 amide bonds. The Kier molecular flexibility index (Phi) is 5.58. The number of aromatic nitrogens is 4. The molecule has 0 bridgehead atoms. The first-order valence-corrected chi connectivity index (χ1v) is 8.00. The predicted molar refractivity (Wildman–Crippen MR) is 83.6 cm³/mol. The Morgan fingerprint density at radius 3 is 3.00 bits per heavy atom. The van der Waals surface area contributed by atoms with Gasteiger partial charge >= 0.3 is 5.69 Å². The molecule has 0 spiro atoms. The Morgan fingerprint density at radius 2 is 2.29 bits per heavy atom. The van der Waals surface area contributed by atoms with Crippen LogP contribution in [0.25, 0.3) is 0 Å². The summed E-state index contributed by atoms with van der Waals surface area (Å²) >= 11 is 1.43. The van der Waals surface area contributed by atoms with E-state index in [1.165, 1.54) is 11.8 Å². The van der Waals surface area contributed by atoms with Gasteiger partial charge in [0.25, 0.3) is 0 Å². The third-order valence-electron chi connectivity index (χ3n) is 3.14. The molecule has 2 aromatic heterocycles. The Morgan fingerprint density at radius 1 is 1.48 bits per heavy atom. The normalized spacial score (nSPS) is 12.5. The summed E-state index contributed by atoms with van der Waals surface area (Å²) < 4.78 is 1.65. The second-order valence-electron chi connectivity index (χ2n) is 4.74. The lowest BCUT2D eigenvalue weighted by Gasteiger charge is -2.15. The summed E-state index contributed by atoms with van der Waals surface area (Å²) in [6.45, 7) is 7.76. The summed E-state index contributed by atoms with van der Waals surface area (Å²) in [5, 5.41) is 11.5. The Hall–Kier alpha value is -1.60. The quantitative estimate of drug-likeness (QED) is 0.820. The lowest BCUT2D eigenvalue weighted by Crippen LogP contribution is -2.19. The maximum atomic E-state index is 11.7. The van der Waals surface area contributed by atoms with Crippen LogP contribution in [0.15, 0.2) is 33.3 Å². The van der Waals surface area contributed by atoms with Gasteiger partial charge in [-0.15, -0.1) is 5.10 Å². The molecule has 2 rings (SSSR count). The van der Waals surface area contributed by atoms with Crippen molar-refractivity contribution >= 4 is 11.8 Å². The molecule has 2 N–H and O–H groups in total. The molecule has 0 radical (unpaired) electrons. The first kappa shape index (κ1) is 15.8. The van der Waals surface area contributed by atoms with E-state index in [0.29, 0.717) is 11.7 Å². The monoisotopic (exact) mass is 307 g/mol. The van der Waals surface area contributed by atoms with Crippen LogP contribution in [-0.4, -0.2) is 26.3 Å². The van der Waals surface area contributed by atoms with E-state index in [0.717, 1.165) is 23.6 Å². The summed E-state index contributed by atoms with van der Waals surface area (Å²) in [6.07, 6.45) is 2.65. The van der Waals surface area contributed by atoms with Crippen LogP contribution in [0.5, 0.6) is 0 Å². The minimum absolute atomic E-state index is 0.170. The second kappa shape index (κ2) is 7.42. The van der Waals surface area contributed by atoms with Gasteiger partial charge in [0, 0.05) is 24.3 Å². The van der Waals surface area contributed by atoms with Crippen LogP contribution in [0.2, 0.25) is 0 Å². The molecule has 0 aromatic carbocycles. The van der Waals surface area contributed by atoms with Crippen molar-refractivity contribution in [1.29, 1.82) is 0 Å². The van der Waals surface area contributed by atoms with E-state index in [1.807, 2.05) is 13.0 Å². The highest BCUT2D eigenvalue weighted by molar-refractivity contribution is 7.99. The van der Waals surface area contributed by atoms with Crippen molar-refractivity contribution in [3.05, 3.63) is 34.4 Å². The van der Waals surface area contributed by atoms with Crippen molar-refractivity contribution in [3.63, 3.8) is 0 Å². The molecular weight excluding hydrogens is 286 g/mol. The Balaban J connectivity index is 2.30. The van der Waals surface area contributed by atoms with Crippen LogP contribution >= 0.6 is 11.8 Å². The van der Waals surface area contributed by atoms with Crippen molar-refractivity contribution in [2.45, 2.75) is 50.0 Å². The number of nitrogens with zero attached hydrogens (tertiary/aromatic N) is 3. The highest BCUT2D eigenvalue weighted by Crippen LogP contribution is 2.29. The Labute approximate surface area is 128 Å². The first-order chi connectivity index (χ1) is 10.2. The molecule has 2 aromatic rings. The van der Waals surface area contributed by atoms with E-state index in [1.54, 1.807) is 10.8 Å². The highest BCUT2D eigenvalue weighted by Gasteiger charge is 2.15. The van der Waals surface area contributed by atoms with Gasteiger partial charge in [-0.3, -0.25) is 4.57 Å². The molecule has 0 aliphatic rings. The fraction of sp³-hybridized carbons (Fsp3) is 0.500. The van der Waals surface area contributed by atoms with Crippen LogP contribution in [-0.2, 0) is 6.54 Å². The number of rotatable bonds is 7. The topological polar surface area (TPSA) is 75.6 Å². The fourth-order valence-electron chi connectivity index (χ4n) is 2.12. The summed E-state index contributed by atoms with van der Waals surface area (Å²) in [7, 11) is 0. The van der Waals surface area contributed by atoms with Gasteiger partial charge in [0.1, 0.15) is 5.03 Å². The molecule has 1 unspecified atom stereocenters. The zero-order chi connectivity index (χ0) is 15.2. The van der Waals surface area contributed by atoms with Crippen molar-refractivity contribution in [2.24, 2.45) is 0 Å². The largest absolute Gasteiger partial charge is 0.343 e. The zero-order valence-electron chi connectivity index (χ0n) is 12.6. The SMILES string of the molecule is CCCn1c(Sc2ncccc2C(C)NCC)n[nH]c1=O. The molecule has 0 saturated carbocycles. The van der Waals surface area contributed by atoms with E-state index in [4.69, 9.17) is 0 Å². The van der Waals surface area contributed by atoms with Crippen LogP contribution in [0, 0.1) is 0 Å². The van der Waals surface area contributed by atoms with Gasteiger partial charge in [-0.2, -0.15) is 0 Å². The number of hydrogen-bond donors (Lipinski definition) is 2. The average molecular weight is 307 g/mol. The van der Waals surface area contributed by atoms with Crippen molar-refractivity contribution in [3.8, 4) is 0 Å². The zero-order valence-corrected chi connectivity index (χ0v) is 13.4. The van der Waals surface area contributed by atoms with Gasteiger partial charge in [0.15, 0.2) is 5.16 Å². The number of nitrogens with one attached hydrogen (secondary N) is 2. The molecule has 0 fully saturated rings. The minimum atomic E-state index is -0.170. The molecule has 6 nitrogen and oxygen atoms in total. The first-order valence-electron chi connectivity index (χ1n) is 7.18. The molecule has 0 aliphatic carbocycles. The summed E-state index contributed by atoms with van der Waals surface area (Å²) in [4.78, 5) is 16.2. The standard InChI is InChI=1S/C14H21N5OS/c1-4-9-19-13(20)17-18-14(19)21-12-11(7-6-8-16-12)10(3)15-5-2/h6-8,10,15H,4-5,9H2,1-3H3,(H,17,20). The van der Waals surface area contributed by atoms with Gasteiger partial charge in [-0.1, -0.05) is 19.9 Å². The molecule has 1 atom stereocenters. The fourth-order valence-corrected chi connectivity index (χ4v) is 3.15. The van der Waals surface area contributed by atoms with Crippen LogP contribution < -0.4 is 11.0 Å². The number of hydrogen-bond acceptors (Lipinski definition) is 5. The lowest BCUT2D eigenvalue weighted by atomic mass is 10.1. The third-order valence-corrected chi connectivity index (χ3v) is 4.16. The van der Waals surface area contributed by atoms with E-state index < -0.39 is 0 Å². The smallest absolute Gasteiger partial charge is 0.310 e. The Bertz CT molecular complexity index is 636.